The molecule has 0 bridgehead atoms. The Morgan fingerprint density at radius 1 is 1.19 bits per heavy atom. The fourth-order valence-electron chi connectivity index (χ4n) is 3.00. The van der Waals surface area contributed by atoms with Gasteiger partial charge in [-0.15, -0.1) is 0 Å². The molecule has 3 rings (SSSR count). The number of imidazole rings is 1. The van der Waals surface area contributed by atoms with Crippen LogP contribution in [-0.2, 0) is 0 Å². The maximum absolute atomic E-state index is 6.04. The molecule has 1 saturated heterocycles. The van der Waals surface area contributed by atoms with Crippen LogP contribution in [0.15, 0.2) is 34.9 Å². The normalized spacial score (nSPS) is 17.8. The highest BCUT2D eigenvalue weighted by atomic mass is 79.9. The summed E-state index contributed by atoms with van der Waals surface area (Å²) >= 11 is 3.60. The minimum absolute atomic E-state index is 0.213. The fourth-order valence-corrected chi connectivity index (χ4v) is 3.54. The third-order valence-electron chi connectivity index (χ3n) is 4.12. The Hall–Kier alpha value is -1.17. The fraction of sp³-hybridized carbons (Fsp3) is 0.438. The Bertz CT molecular complexity index is 575. The molecular weight excluding hydrogens is 328 g/mol. The van der Waals surface area contributed by atoms with Crippen LogP contribution in [0.25, 0.3) is 11.4 Å². The Balaban J connectivity index is 1.88. The first-order valence-corrected chi connectivity index (χ1v) is 8.34. The number of hydrogen-bond acceptors (Lipinski definition) is 3. The van der Waals surface area contributed by atoms with Crippen LogP contribution in [-0.4, -0.2) is 34.5 Å². The number of nitrogens with one attached hydrogen (secondary N) is 1. The van der Waals surface area contributed by atoms with Crippen LogP contribution in [0.2, 0.25) is 0 Å². The van der Waals surface area contributed by atoms with Crippen molar-refractivity contribution < 1.29 is 0 Å². The summed E-state index contributed by atoms with van der Waals surface area (Å²) in [7, 11) is 0. The highest BCUT2D eigenvalue weighted by Crippen LogP contribution is 2.30. The summed E-state index contributed by atoms with van der Waals surface area (Å²) in [6.07, 6.45) is 3.84. The minimum Gasteiger partial charge on any atom is -0.340 e. The van der Waals surface area contributed by atoms with Gasteiger partial charge < -0.3 is 10.7 Å². The van der Waals surface area contributed by atoms with Gasteiger partial charge in [-0.1, -0.05) is 36.8 Å². The monoisotopic (exact) mass is 348 g/mol. The van der Waals surface area contributed by atoms with Gasteiger partial charge >= 0.3 is 0 Å². The number of halogens is 1. The molecule has 2 aromatic rings. The predicted molar refractivity (Wildman–Crippen MR) is 88.9 cm³/mol. The lowest BCUT2D eigenvalue weighted by atomic mass is 10.1. The number of nitrogens with zero attached hydrogens (tertiary/aromatic N) is 2. The summed E-state index contributed by atoms with van der Waals surface area (Å²) < 4.78 is 0.877. The molecule has 112 valence electrons. The van der Waals surface area contributed by atoms with Crippen molar-refractivity contribution in [2.24, 2.45) is 5.73 Å². The van der Waals surface area contributed by atoms with Crippen molar-refractivity contribution in [3.63, 3.8) is 0 Å². The molecule has 21 heavy (non-hydrogen) atoms. The zero-order valence-corrected chi connectivity index (χ0v) is 13.6. The number of rotatable bonds is 4. The number of aromatic amines is 1. The third-order valence-corrected chi connectivity index (χ3v) is 4.72. The van der Waals surface area contributed by atoms with E-state index < -0.39 is 0 Å². The van der Waals surface area contributed by atoms with Crippen LogP contribution < -0.4 is 5.73 Å². The highest BCUT2D eigenvalue weighted by Gasteiger charge is 2.25. The van der Waals surface area contributed by atoms with Crippen molar-refractivity contribution in [2.75, 3.05) is 19.6 Å². The molecule has 1 aromatic heterocycles. The van der Waals surface area contributed by atoms with E-state index in [2.05, 4.69) is 42.9 Å². The van der Waals surface area contributed by atoms with E-state index in [4.69, 9.17) is 5.73 Å². The molecule has 2 heterocycles. The molecule has 4 nitrogen and oxygen atoms in total. The summed E-state index contributed by atoms with van der Waals surface area (Å²) in [5.74, 6) is 0.896. The van der Waals surface area contributed by atoms with Gasteiger partial charge in [0.05, 0.1) is 11.7 Å². The van der Waals surface area contributed by atoms with Gasteiger partial charge in [-0.25, -0.2) is 4.98 Å². The van der Waals surface area contributed by atoms with Gasteiger partial charge in [0.1, 0.15) is 10.4 Å². The molecule has 1 atom stereocenters. The molecule has 1 fully saturated rings. The maximum atomic E-state index is 6.04. The summed E-state index contributed by atoms with van der Waals surface area (Å²) in [5.41, 5.74) is 8.23. The summed E-state index contributed by atoms with van der Waals surface area (Å²) in [5, 5.41) is 0. The molecule has 1 aliphatic rings. The van der Waals surface area contributed by atoms with Crippen molar-refractivity contribution in [3.05, 3.63) is 40.6 Å². The molecule has 0 spiro atoms. The summed E-state index contributed by atoms with van der Waals surface area (Å²) in [4.78, 5) is 10.6. The number of hydrogen-bond donors (Lipinski definition) is 2. The summed E-state index contributed by atoms with van der Waals surface area (Å²) in [6.45, 7) is 2.84. The average Bonchev–Trinajstić information content (AvgIpc) is 2.92. The second kappa shape index (κ2) is 6.73. The van der Waals surface area contributed by atoms with Crippen molar-refractivity contribution in [2.45, 2.75) is 25.3 Å². The van der Waals surface area contributed by atoms with Crippen LogP contribution >= 0.6 is 15.9 Å². The van der Waals surface area contributed by atoms with Gasteiger partial charge in [-0.05, 0) is 41.9 Å². The van der Waals surface area contributed by atoms with Gasteiger partial charge in [0.15, 0.2) is 0 Å². The standard InChI is InChI=1S/C16H21BrN4/c17-15-14(13(11-18)21-9-5-2-6-10-21)19-16(20-15)12-7-3-1-4-8-12/h1,3-4,7-8,13H,2,5-6,9-11,18H2,(H,19,20). The predicted octanol–water partition coefficient (Wildman–Crippen LogP) is 3.32. The number of nitrogens with two attached hydrogens (primary N) is 1. The van der Waals surface area contributed by atoms with Crippen molar-refractivity contribution in [1.82, 2.24) is 14.9 Å². The van der Waals surface area contributed by atoms with E-state index in [9.17, 15) is 0 Å². The molecule has 3 N–H and O–H groups in total. The van der Waals surface area contributed by atoms with Crippen LogP contribution in [0.5, 0.6) is 0 Å². The Morgan fingerprint density at radius 2 is 1.90 bits per heavy atom. The number of H-pyrrole nitrogens is 1. The van der Waals surface area contributed by atoms with E-state index in [1.165, 1.54) is 19.3 Å². The molecule has 5 heteroatoms. The summed E-state index contributed by atoms with van der Waals surface area (Å²) in [6, 6.07) is 10.4. The van der Waals surface area contributed by atoms with Crippen molar-refractivity contribution in [1.29, 1.82) is 0 Å². The van der Waals surface area contributed by atoms with Crippen LogP contribution in [0.1, 0.15) is 31.0 Å². The lowest BCUT2D eigenvalue weighted by molar-refractivity contribution is 0.164. The number of piperidine rings is 1. The molecular formula is C16H21BrN4. The van der Waals surface area contributed by atoms with Crippen LogP contribution in [0, 0.1) is 0 Å². The first-order valence-electron chi connectivity index (χ1n) is 7.54. The first-order chi connectivity index (χ1) is 10.3. The molecule has 1 unspecified atom stereocenters. The number of aromatic nitrogens is 2. The molecule has 0 saturated carbocycles. The number of likely N-dealkylation sites (tertiary alicyclic amines) is 1. The molecule has 0 radical (unpaired) electrons. The van der Waals surface area contributed by atoms with E-state index in [1.807, 2.05) is 18.2 Å². The van der Waals surface area contributed by atoms with Crippen LogP contribution in [0.3, 0.4) is 0 Å². The topological polar surface area (TPSA) is 57.9 Å². The van der Waals surface area contributed by atoms with Crippen molar-refractivity contribution >= 4 is 15.9 Å². The first kappa shape index (κ1) is 14.8. The van der Waals surface area contributed by atoms with Gasteiger partial charge in [-0.3, -0.25) is 4.90 Å². The Labute approximate surface area is 133 Å². The number of benzene rings is 1. The molecule has 1 aliphatic heterocycles. The van der Waals surface area contributed by atoms with E-state index >= 15 is 0 Å². The largest absolute Gasteiger partial charge is 0.340 e. The van der Waals surface area contributed by atoms with Crippen LogP contribution in [0.4, 0.5) is 0 Å². The Kier molecular flexibility index (Phi) is 4.73. The highest BCUT2D eigenvalue weighted by molar-refractivity contribution is 9.10. The van der Waals surface area contributed by atoms with E-state index in [0.29, 0.717) is 6.54 Å². The quantitative estimate of drug-likeness (QED) is 0.890. The van der Waals surface area contributed by atoms with Crippen molar-refractivity contribution in [3.8, 4) is 11.4 Å². The second-order valence-electron chi connectivity index (χ2n) is 5.50. The minimum atomic E-state index is 0.213. The van der Waals surface area contributed by atoms with E-state index in [-0.39, 0.29) is 6.04 Å². The molecule has 0 amide bonds. The van der Waals surface area contributed by atoms with Gasteiger partial charge in [-0.2, -0.15) is 0 Å². The van der Waals surface area contributed by atoms with E-state index in [1.54, 1.807) is 0 Å². The van der Waals surface area contributed by atoms with Gasteiger partial charge in [0.25, 0.3) is 0 Å². The third kappa shape index (κ3) is 3.20. The zero-order valence-electron chi connectivity index (χ0n) is 12.1. The smallest absolute Gasteiger partial charge is 0.138 e. The zero-order chi connectivity index (χ0) is 14.7. The lowest BCUT2D eigenvalue weighted by Crippen LogP contribution is -2.37. The maximum Gasteiger partial charge on any atom is 0.138 e. The Morgan fingerprint density at radius 3 is 2.57 bits per heavy atom. The molecule has 1 aromatic carbocycles. The molecule has 0 aliphatic carbocycles. The van der Waals surface area contributed by atoms with Gasteiger partial charge in [0.2, 0.25) is 0 Å². The lowest BCUT2D eigenvalue weighted by Gasteiger charge is -2.33. The second-order valence-corrected chi connectivity index (χ2v) is 6.26. The SMILES string of the molecule is NCC(c1[nH]c(-c2ccccc2)nc1Br)N1CCCCC1. The average molecular weight is 349 g/mol. The van der Waals surface area contributed by atoms with Gasteiger partial charge in [0, 0.05) is 12.1 Å². The van der Waals surface area contributed by atoms with E-state index in [0.717, 1.165) is 34.8 Å².